The maximum absolute atomic E-state index is 10.8. The smallest absolute Gasteiger partial charge is 0.344 e. The van der Waals surface area contributed by atoms with Gasteiger partial charge in [0.05, 0.1) is 4.92 Å². The minimum absolute atomic E-state index is 0.0279. The Bertz CT molecular complexity index is 429. The van der Waals surface area contributed by atoms with Crippen molar-refractivity contribution in [1.29, 1.82) is 0 Å². The van der Waals surface area contributed by atoms with Gasteiger partial charge in [-0.25, -0.2) is 4.79 Å². The van der Waals surface area contributed by atoms with Gasteiger partial charge in [0.25, 0.3) is 0 Å². The van der Waals surface area contributed by atoms with Crippen LogP contribution in [0.3, 0.4) is 0 Å². The number of nitro groups is 1. The van der Waals surface area contributed by atoms with E-state index in [0.29, 0.717) is 5.56 Å². The van der Waals surface area contributed by atoms with Crippen LogP contribution in [0.25, 0.3) is 0 Å². The second-order valence-corrected chi connectivity index (χ2v) is 3.28. The van der Waals surface area contributed by atoms with Crippen LogP contribution in [0, 0.1) is 17.0 Å². The topological polar surface area (TPSA) is 89.7 Å². The standard InChI is InChI=1S/C10H11NO5/c1-6-4-3-5-8(9(6)11(14)15)16-7(2)10(12)13/h3-5,7H,1-2H3,(H,12,13)/t7-/m0/s1. The average Bonchev–Trinajstić information content (AvgIpc) is 2.16. The summed E-state index contributed by atoms with van der Waals surface area (Å²) in [5, 5.41) is 19.4. The van der Waals surface area contributed by atoms with Gasteiger partial charge >= 0.3 is 11.7 Å². The van der Waals surface area contributed by atoms with Crippen LogP contribution in [0.15, 0.2) is 18.2 Å². The van der Waals surface area contributed by atoms with Gasteiger partial charge in [-0.2, -0.15) is 0 Å². The third-order valence-electron chi connectivity index (χ3n) is 2.03. The summed E-state index contributed by atoms with van der Waals surface area (Å²) in [7, 11) is 0. The van der Waals surface area contributed by atoms with Gasteiger partial charge in [-0.3, -0.25) is 10.1 Å². The number of para-hydroxylation sites is 1. The number of carboxylic acid groups (broad SMARTS) is 1. The lowest BCUT2D eigenvalue weighted by atomic mass is 10.2. The molecule has 6 nitrogen and oxygen atoms in total. The molecule has 0 saturated carbocycles. The molecule has 0 amide bonds. The maximum atomic E-state index is 10.8. The first-order valence-electron chi connectivity index (χ1n) is 4.57. The fourth-order valence-corrected chi connectivity index (χ4v) is 1.20. The van der Waals surface area contributed by atoms with Crippen LogP contribution in [0.5, 0.6) is 5.75 Å². The predicted octanol–water partition coefficient (Wildman–Crippen LogP) is 1.76. The Labute approximate surface area is 91.6 Å². The Balaban J connectivity index is 3.09. The van der Waals surface area contributed by atoms with Crippen molar-refractivity contribution in [2.75, 3.05) is 0 Å². The molecule has 0 fully saturated rings. The molecular weight excluding hydrogens is 214 g/mol. The summed E-state index contributed by atoms with van der Waals surface area (Å²) in [4.78, 5) is 20.8. The molecule has 0 spiro atoms. The Hall–Kier alpha value is -2.11. The number of rotatable bonds is 4. The molecule has 86 valence electrons. The Kier molecular flexibility index (Phi) is 3.44. The summed E-state index contributed by atoms with van der Waals surface area (Å²) < 4.78 is 5.01. The molecule has 0 aliphatic carbocycles. The number of carboxylic acids is 1. The zero-order valence-corrected chi connectivity index (χ0v) is 8.84. The second-order valence-electron chi connectivity index (χ2n) is 3.28. The van der Waals surface area contributed by atoms with Gasteiger partial charge in [-0.05, 0) is 19.9 Å². The molecule has 1 N–H and O–H groups in total. The summed E-state index contributed by atoms with van der Waals surface area (Å²) in [6, 6.07) is 4.52. The number of hydrogen-bond acceptors (Lipinski definition) is 4. The quantitative estimate of drug-likeness (QED) is 0.622. The fourth-order valence-electron chi connectivity index (χ4n) is 1.20. The predicted molar refractivity (Wildman–Crippen MR) is 55.6 cm³/mol. The number of aliphatic carboxylic acids is 1. The van der Waals surface area contributed by atoms with Crippen molar-refractivity contribution in [2.24, 2.45) is 0 Å². The van der Waals surface area contributed by atoms with E-state index in [-0.39, 0.29) is 11.4 Å². The Morgan fingerprint density at radius 3 is 2.69 bits per heavy atom. The summed E-state index contributed by atoms with van der Waals surface area (Å²) in [6.45, 7) is 2.88. The van der Waals surface area contributed by atoms with Crippen LogP contribution in [-0.4, -0.2) is 22.1 Å². The van der Waals surface area contributed by atoms with Crippen molar-refractivity contribution < 1.29 is 19.6 Å². The third kappa shape index (κ3) is 2.47. The molecule has 0 unspecified atom stereocenters. The number of hydrogen-bond donors (Lipinski definition) is 1. The molecule has 0 bridgehead atoms. The van der Waals surface area contributed by atoms with E-state index in [1.807, 2.05) is 0 Å². The highest BCUT2D eigenvalue weighted by atomic mass is 16.6. The Morgan fingerprint density at radius 2 is 2.19 bits per heavy atom. The normalized spacial score (nSPS) is 11.9. The van der Waals surface area contributed by atoms with Crippen LogP contribution in [0.1, 0.15) is 12.5 Å². The van der Waals surface area contributed by atoms with Crippen LogP contribution < -0.4 is 4.74 Å². The third-order valence-corrected chi connectivity index (χ3v) is 2.03. The van der Waals surface area contributed by atoms with Crippen molar-refractivity contribution in [3.8, 4) is 5.75 Å². The molecule has 0 saturated heterocycles. The monoisotopic (exact) mass is 225 g/mol. The molecule has 1 atom stereocenters. The van der Waals surface area contributed by atoms with Crippen molar-refractivity contribution in [3.05, 3.63) is 33.9 Å². The maximum Gasteiger partial charge on any atom is 0.344 e. The molecule has 0 aliphatic rings. The summed E-state index contributed by atoms with van der Waals surface area (Å²) in [5.41, 5.74) is 0.232. The van der Waals surface area contributed by atoms with Crippen LogP contribution in [0.4, 0.5) is 5.69 Å². The number of ether oxygens (including phenoxy) is 1. The van der Waals surface area contributed by atoms with Gasteiger partial charge in [0.15, 0.2) is 11.9 Å². The van der Waals surface area contributed by atoms with E-state index in [2.05, 4.69) is 0 Å². The number of aryl methyl sites for hydroxylation is 1. The van der Waals surface area contributed by atoms with Crippen molar-refractivity contribution >= 4 is 11.7 Å². The number of carbonyl (C=O) groups is 1. The first-order valence-corrected chi connectivity index (χ1v) is 4.57. The van der Waals surface area contributed by atoms with E-state index in [1.54, 1.807) is 19.1 Å². The molecule has 6 heteroatoms. The second kappa shape index (κ2) is 4.61. The molecule has 0 aliphatic heterocycles. The van der Waals surface area contributed by atoms with Gasteiger partial charge in [0.2, 0.25) is 0 Å². The molecule has 1 aromatic carbocycles. The van der Waals surface area contributed by atoms with Crippen LogP contribution in [0.2, 0.25) is 0 Å². The summed E-state index contributed by atoms with van der Waals surface area (Å²) >= 11 is 0. The largest absolute Gasteiger partial charge is 0.479 e. The van der Waals surface area contributed by atoms with Gasteiger partial charge in [0.1, 0.15) is 0 Å². The molecule has 0 radical (unpaired) electrons. The van der Waals surface area contributed by atoms with Crippen molar-refractivity contribution in [1.82, 2.24) is 0 Å². The fraction of sp³-hybridized carbons (Fsp3) is 0.300. The van der Waals surface area contributed by atoms with Gasteiger partial charge in [-0.1, -0.05) is 12.1 Å². The molecule has 1 aromatic rings. The van der Waals surface area contributed by atoms with E-state index < -0.39 is 17.0 Å². The van der Waals surface area contributed by atoms with Crippen molar-refractivity contribution in [2.45, 2.75) is 20.0 Å². The molecule has 1 rings (SSSR count). The van der Waals surface area contributed by atoms with Crippen molar-refractivity contribution in [3.63, 3.8) is 0 Å². The van der Waals surface area contributed by atoms with Gasteiger partial charge < -0.3 is 9.84 Å². The van der Waals surface area contributed by atoms with Crippen LogP contribution >= 0.6 is 0 Å². The minimum atomic E-state index is -1.17. The highest BCUT2D eigenvalue weighted by molar-refractivity contribution is 5.72. The number of nitrogens with zero attached hydrogens (tertiary/aromatic N) is 1. The zero-order chi connectivity index (χ0) is 12.3. The lowest BCUT2D eigenvalue weighted by Gasteiger charge is -2.11. The highest BCUT2D eigenvalue weighted by Crippen LogP contribution is 2.30. The zero-order valence-electron chi connectivity index (χ0n) is 8.84. The lowest BCUT2D eigenvalue weighted by Crippen LogP contribution is -2.23. The lowest BCUT2D eigenvalue weighted by molar-refractivity contribution is -0.386. The minimum Gasteiger partial charge on any atom is -0.479 e. The Morgan fingerprint density at radius 1 is 1.56 bits per heavy atom. The summed E-state index contributed by atoms with van der Waals surface area (Å²) in [6.07, 6.45) is -1.12. The van der Waals surface area contributed by atoms with E-state index in [1.165, 1.54) is 13.0 Å². The average molecular weight is 225 g/mol. The molecular formula is C10H11NO5. The van der Waals surface area contributed by atoms with E-state index in [4.69, 9.17) is 9.84 Å². The SMILES string of the molecule is Cc1cccc(O[C@@H](C)C(=O)O)c1[N+](=O)[O-]. The van der Waals surface area contributed by atoms with E-state index in [0.717, 1.165) is 0 Å². The molecule has 0 heterocycles. The van der Waals surface area contributed by atoms with E-state index >= 15 is 0 Å². The molecule has 0 aromatic heterocycles. The first-order chi connectivity index (χ1) is 7.43. The van der Waals surface area contributed by atoms with Crippen LogP contribution in [-0.2, 0) is 4.79 Å². The van der Waals surface area contributed by atoms with Gasteiger partial charge in [0, 0.05) is 5.56 Å². The number of nitro benzene ring substituents is 1. The highest BCUT2D eigenvalue weighted by Gasteiger charge is 2.22. The number of benzene rings is 1. The first kappa shape index (κ1) is 12.0. The van der Waals surface area contributed by atoms with E-state index in [9.17, 15) is 14.9 Å². The molecule has 16 heavy (non-hydrogen) atoms. The summed E-state index contributed by atoms with van der Waals surface area (Å²) in [5.74, 6) is -1.20. The van der Waals surface area contributed by atoms with Gasteiger partial charge in [-0.15, -0.1) is 0 Å².